The van der Waals surface area contributed by atoms with Gasteiger partial charge < -0.3 is 9.88 Å². The van der Waals surface area contributed by atoms with E-state index in [0.29, 0.717) is 6.54 Å². The van der Waals surface area contributed by atoms with Crippen molar-refractivity contribution in [2.45, 2.75) is 25.9 Å². The molecular weight excluding hydrogens is 320 g/mol. The normalized spacial score (nSPS) is 15.4. The van der Waals surface area contributed by atoms with E-state index in [4.69, 9.17) is 0 Å². The number of aryl methyl sites for hydroxylation is 1. The van der Waals surface area contributed by atoms with Crippen LogP contribution in [-0.2, 0) is 20.0 Å². The molecule has 0 spiro atoms. The van der Waals surface area contributed by atoms with E-state index in [9.17, 15) is 14.4 Å². The van der Waals surface area contributed by atoms with E-state index in [-0.39, 0.29) is 11.6 Å². The first-order chi connectivity index (χ1) is 11.9. The molecule has 1 aliphatic heterocycles. The number of carbonyl (C=O) groups excluding carboxylic acids is 1. The first kappa shape index (κ1) is 17.2. The number of hydrogen-bond donors (Lipinski definition) is 2. The fourth-order valence-corrected chi connectivity index (χ4v) is 3.17. The number of aromatic amines is 1. The number of nitrogens with one attached hydrogen (secondary N) is 2. The van der Waals surface area contributed by atoms with Gasteiger partial charge in [-0.2, -0.15) is 0 Å². The van der Waals surface area contributed by atoms with Gasteiger partial charge in [0.15, 0.2) is 0 Å². The molecule has 0 fully saturated rings. The first-order valence-electron chi connectivity index (χ1n) is 8.34. The molecule has 1 aliphatic rings. The smallest absolute Gasteiger partial charge is 0.328 e. The zero-order valence-electron chi connectivity index (χ0n) is 14.4. The van der Waals surface area contributed by atoms with Crippen LogP contribution in [0.1, 0.15) is 28.4 Å². The Hall–Kier alpha value is -2.67. The van der Waals surface area contributed by atoms with Crippen LogP contribution < -0.4 is 16.6 Å². The largest absolute Gasteiger partial charge is 0.348 e. The number of benzene rings is 1. The summed E-state index contributed by atoms with van der Waals surface area (Å²) < 4.78 is 1.18. The molecule has 1 atom stereocenters. The molecule has 2 aromatic rings. The molecule has 0 saturated heterocycles. The fraction of sp³-hybridized carbons (Fsp3) is 0.389. The Balaban J connectivity index is 1.62. The van der Waals surface area contributed by atoms with E-state index in [1.165, 1.54) is 28.9 Å². The van der Waals surface area contributed by atoms with E-state index >= 15 is 0 Å². The quantitative estimate of drug-likeness (QED) is 0.834. The summed E-state index contributed by atoms with van der Waals surface area (Å²) in [6.45, 7) is 4.41. The van der Waals surface area contributed by atoms with Crippen LogP contribution in [0.4, 0.5) is 0 Å². The molecule has 0 saturated carbocycles. The van der Waals surface area contributed by atoms with Gasteiger partial charge in [0.05, 0.1) is 0 Å². The Bertz CT molecular complexity index is 900. The number of amides is 1. The van der Waals surface area contributed by atoms with E-state index in [2.05, 4.69) is 33.4 Å². The molecule has 132 valence electrons. The van der Waals surface area contributed by atoms with Gasteiger partial charge in [-0.25, -0.2) is 4.79 Å². The van der Waals surface area contributed by atoms with E-state index in [0.717, 1.165) is 19.5 Å². The zero-order valence-corrected chi connectivity index (χ0v) is 14.4. The molecule has 2 heterocycles. The van der Waals surface area contributed by atoms with Crippen molar-refractivity contribution in [1.82, 2.24) is 19.8 Å². The summed E-state index contributed by atoms with van der Waals surface area (Å²) in [6.07, 6.45) is 2.26. The average Bonchev–Trinajstić information content (AvgIpc) is 2.57. The van der Waals surface area contributed by atoms with Gasteiger partial charge in [0.2, 0.25) is 0 Å². The summed E-state index contributed by atoms with van der Waals surface area (Å²) in [7, 11) is 1.49. The minimum Gasteiger partial charge on any atom is -0.348 e. The Kier molecular flexibility index (Phi) is 4.85. The van der Waals surface area contributed by atoms with E-state index in [1.807, 2.05) is 13.0 Å². The van der Waals surface area contributed by atoms with Crippen molar-refractivity contribution in [2.24, 2.45) is 7.05 Å². The van der Waals surface area contributed by atoms with Crippen LogP contribution in [0.5, 0.6) is 0 Å². The predicted molar refractivity (Wildman–Crippen MR) is 94.7 cm³/mol. The van der Waals surface area contributed by atoms with Gasteiger partial charge in [0.1, 0.15) is 5.56 Å². The number of nitrogens with zero attached hydrogens (tertiary/aromatic N) is 2. The van der Waals surface area contributed by atoms with Gasteiger partial charge in [-0.1, -0.05) is 24.3 Å². The number of rotatable bonds is 4. The second kappa shape index (κ2) is 7.06. The van der Waals surface area contributed by atoms with Crippen LogP contribution in [0.15, 0.2) is 40.1 Å². The van der Waals surface area contributed by atoms with Gasteiger partial charge >= 0.3 is 5.69 Å². The Morgan fingerprint density at radius 3 is 2.76 bits per heavy atom. The molecular formula is C18H22N4O3. The number of aromatic nitrogens is 2. The summed E-state index contributed by atoms with van der Waals surface area (Å²) >= 11 is 0. The average molecular weight is 342 g/mol. The van der Waals surface area contributed by atoms with Gasteiger partial charge in [0.25, 0.3) is 11.5 Å². The topological polar surface area (TPSA) is 87.2 Å². The first-order valence-corrected chi connectivity index (χ1v) is 8.34. The van der Waals surface area contributed by atoms with Crippen molar-refractivity contribution in [1.29, 1.82) is 0 Å². The molecule has 2 N–H and O–H groups in total. The van der Waals surface area contributed by atoms with Gasteiger partial charge in [-0.3, -0.25) is 19.5 Å². The van der Waals surface area contributed by atoms with Gasteiger partial charge in [-0.05, 0) is 24.5 Å². The molecule has 3 rings (SSSR count). The van der Waals surface area contributed by atoms with Crippen molar-refractivity contribution in [2.75, 3.05) is 13.1 Å². The summed E-state index contributed by atoms with van der Waals surface area (Å²) in [6, 6.07) is 8.27. The predicted octanol–water partition coefficient (Wildman–Crippen LogP) is 0.250. The number of hydrogen-bond acceptors (Lipinski definition) is 4. The van der Waals surface area contributed by atoms with Crippen LogP contribution in [-0.4, -0.2) is 39.5 Å². The van der Waals surface area contributed by atoms with Crippen molar-refractivity contribution >= 4 is 5.91 Å². The van der Waals surface area contributed by atoms with Crippen LogP contribution in [0.25, 0.3) is 0 Å². The van der Waals surface area contributed by atoms with Crippen molar-refractivity contribution in [3.8, 4) is 0 Å². The summed E-state index contributed by atoms with van der Waals surface area (Å²) in [5.74, 6) is -0.471. The maximum atomic E-state index is 12.3. The Morgan fingerprint density at radius 1 is 1.28 bits per heavy atom. The highest BCUT2D eigenvalue weighted by Crippen LogP contribution is 2.18. The lowest BCUT2D eigenvalue weighted by Gasteiger charge is -2.31. The third-order valence-electron chi connectivity index (χ3n) is 4.47. The lowest BCUT2D eigenvalue weighted by atomic mass is 10.00. The molecule has 1 aromatic heterocycles. The van der Waals surface area contributed by atoms with Crippen LogP contribution in [0.2, 0.25) is 0 Å². The Morgan fingerprint density at radius 2 is 2.00 bits per heavy atom. The third kappa shape index (κ3) is 3.88. The maximum Gasteiger partial charge on any atom is 0.328 e. The van der Waals surface area contributed by atoms with Crippen molar-refractivity contribution in [3.63, 3.8) is 0 Å². The van der Waals surface area contributed by atoms with E-state index < -0.39 is 17.2 Å². The molecule has 1 amide bonds. The van der Waals surface area contributed by atoms with E-state index in [1.54, 1.807) is 0 Å². The lowest BCUT2D eigenvalue weighted by molar-refractivity contribution is 0.0924. The van der Waals surface area contributed by atoms with Crippen LogP contribution >= 0.6 is 0 Å². The van der Waals surface area contributed by atoms with Crippen molar-refractivity contribution < 1.29 is 4.79 Å². The third-order valence-corrected chi connectivity index (χ3v) is 4.47. The molecule has 7 heteroatoms. The standard InChI is InChI=1S/C18H22N4O3/c1-12(9-22-8-7-13-5-3-4-6-14(13)10-22)19-16(23)15-11-21(2)18(25)20-17(15)24/h3-6,11-12H,7-10H2,1-2H3,(H,19,23)(H,20,24,25)/t12-/m1/s1. The highest BCUT2D eigenvalue weighted by molar-refractivity contribution is 5.93. The number of fused-ring (bicyclic) bond motifs is 1. The van der Waals surface area contributed by atoms with Crippen LogP contribution in [0.3, 0.4) is 0 Å². The summed E-state index contributed by atoms with van der Waals surface area (Å²) in [4.78, 5) is 39.9. The monoisotopic (exact) mass is 342 g/mol. The second-order valence-corrected chi connectivity index (χ2v) is 6.54. The second-order valence-electron chi connectivity index (χ2n) is 6.54. The fourth-order valence-electron chi connectivity index (χ4n) is 3.17. The highest BCUT2D eigenvalue weighted by atomic mass is 16.2. The summed E-state index contributed by atoms with van der Waals surface area (Å²) in [5.41, 5.74) is 1.44. The highest BCUT2D eigenvalue weighted by Gasteiger charge is 2.20. The molecule has 0 unspecified atom stereocenters. The minimum absolute atomic E-state index is 0.0575. The Labute approximate surface area is 145 Å². The molecule has 0 bridgehead atoms. The van der Waals surface area contributed by atoms with Crippen molar-refractivity contribution in [3.05, 3.63) is 68.0 Å². The lowest BCUT2D eigenvalue weighted by Crippen LogP contribution is -2.45. The minimum atomic E-state index is -0.667. The molecule has 0 aliphatic carbocycles. The number of H-pyrrole nitrogens is 1. The van der Waals surface area contributed by atoms with Gasteiger partial charge in [0, 0.05) is 38.9 Å². The number of carbonyl (C=O) groups is 1. The molecule has 7 nitrogen and oxygen atoms in total. The zero-order chi connectivity index (χ0) is 18.0. The maximum absolute atomic E-state index is 12.3. The molecule has 25 heavy (non-hydrogen) atoms. The van der Waals surface area contributed by atoms with Gasteiger partial charge in [-0.15, -0.1) is 0 Å². The SMILES string of the molecule is C[C@H](CN1CCc2ccccc2C1)NC(=O)c1cn(C)c(=O)[nH]c1=O. The van der Waals surface area contributed by atoms with Crippen LogP contribution in [0, 0.1) is 0 Å². The summed E-state index contributed by atoms with van der Waals surface area (Å²) in [5, 5.41) is 2.84. The molecule has 1 aromatic carbocycles. The molecule has 0 radical (unpaired) electrons.